The third-order valence-corrected chi connectivity index (χ3v) is 2.88. The largest absolute Gasteiger partial charge is 0.477 e. The number of rotatable bonds is 1. The zero-order chi connectivity index (χ0) is 9.42. The Morgan fingerprint density at radius 1 is 1.54 bits per heavy atom. The first kappa shape index (κ1) is 8.40. The van der Waals surface area contributed by atoms with Crippen LogP contribution in [0.15, 0.2) is 6.07 Å². The van der Waals surface area contributed by atoms with E-state index in [0.717, 1.165) is 11.3 Å². The van der Waals surface area contributed by atoms with Crippen LogP contribution >= 0.6 is 11.3 Å². The second-order valence-corrected chi connectivity index (χ2v) is 3.81. The minimum Gasteiger partial charge on any atom is -0.477 e. The first-order valence-corrected chi connectivity index (χ1v) is 4.47. The molecule has 0 fully saturated rings. The normalized spacial score (nSPS) is 15.5. The summed E-state index contributed by atoms with van der Waals surface area (Å²) in [5, 5.41) is 8.68. The maximum Gasteiger partial charge on any atom is 0.345 e. The molecule has 5 heteroatoms. The molecule has 0 saturated carbocycles. The number of hydrogen-bond acceptors (Lipinski definition) is 4. The predicted molar refractivity (Wildman–Crippen MR) is 45.3 cm³/mol. The molecule has 68 valence electrons. The van der Waals surface area contributed by atoms with Crippen LogP contribution in [-0.2, 0) is 11.3 Å². The maximum absolute atomic E-state index is 11.2. The topological polar surface area (TPSA) is 63.6 Å². The fourth-order valence-electron chi connectivity index (χ4n) is 1.19. The molecule has 0 spiro atoms. The molecule has 4 nitrogen and oxygen atoms in total. The molecule has 13 heavy (non-hydrogen) atoms. The Balaban J connectivity index is 2.48. The summed E-state index contributed by atoms with van der Waals surface area (Å²) in [5.74, 6) is -1.13. The molecule has 0 bridgehead atoms. The molecule has 2 rings (SSSR count). The van der Waals surface area contributed by atoms with Crippen LogP contribution in [0.1, 0.15) is 24.9 Å². The summed E-state index contributed by atoms with van der Waals surface area (Å²) in [6, 6.07) is 1.42. The quantitative estimate of drug-likeness (QED) is 0.735. The van der Waals surface area contributed by atoms with Crippen LogP contribution in [0.3, 0.4) is 0 Å². The van der Waals surface area contributed by atoms with Crippen LogP contribution in [0, 0.1) is 0 Å². The van der Waals surface area contributed by atoms with Gasteiger partial charge in [-0.05, 0) is 6.07 Å². The molecule has 0 unspecified atom stereocenters. The summed E-state index contributed by atoms with van der Waals surface area (Å²) < 4.78 is 4.97. The van der Waals surface area contributed by atoms with E-state index in [1.54, 1.807) is 0 Å². The number of ketones is 1. The Kier molecular flexibility index (Phi) is 1.90. The van der Waals surface area contributed by atoms with E-state index in [1.165, 1.54) is 6.07 Å². The molecule has 1 N–H and O–H groups in total. The number of thiophene rings is 1. The van der Waals surface area contributed by atoms with Gasteiger partial charge in [0.2, 0.25) is 0 Å². The second-order valence-electron chi connectivity index (χ2n) is 2.67. The van der Waals surface area contributed by atoms with Crippen molar-refractivity contribution in [3.8, 4) is 0 Å². The van der Waals surface area contributed by atoms with Crippen molar-refractivity contribution in [1.82, 2.24) is 0 Å². The Morgan fingerprint density at radius 3 is 2.92 bits per heavy atom. The van der Waals surface area contributed by atoms with Gasteiger partial charge in [-0.2, -0.15) is 0 Å². The highest BCUT2D eigenvalue weighted by atomic mass is 32.1. The maximum atomic E-state index is 11.2. The number of fused-ring (bicyclic) bond motifs is 1. The van der Waals surface area contributed by atoms with E-state index in [2.05, 4.69) is 0 Å². The molecule has 1 aliphatic rings. The second kappa shape index (κ2) is 2.93. The zero-order valence-corrected chi connectivity index (χ0v) is 7.39. The monoisotopic (exact) mass is 198 g/mol. The number of carbonyl (C=O) groups is 2. The standard InChI is InChI=1S/C8H6O4S/c9-5-2-12-3-7-4(5)1-6(13-7)8(10)11/h1H,2-3H2,(H,10,11). The van der Waals surface area contributed by atoms with Gasteiger partial charge in [0.15, 0.2) is 5.78 Å². The van der Waals surface area contributed by atoms with E-state index in [-0.39, 0.29) is 17.3 Å². The summed E-state index contributed by atoms with van der Waals surface area (Å²) in [4.78, 5) is 22.7. The van der Waals surface area contributed by atoms with Gasteiger partial charge in [-0.3, -0.25) is 4.79 Å². The van der Waals surface area contributed by atoms with Gasteiger partial charge in [0.1, 0.15) is 11.5 Å². The van der Waals surface area contributed by atoms with E-state index in [0.29, 0.717) is 17.0 Å². The molecule has 1 aliphatic heterocycles. The lowest BCUT2D eigenvalue weighted by Gasteiger charge is -2.09. The molecule has 0 atom stereocenters. The van der Waals surface area contributed by atoms with Gasteiger partial charge >= 0.3 is 5.97 Å². The smallest absolute Gasteiger partial charge is 0.345 e. The molecule has 0 radical (unpaired) electrons. The van der Waals surface area contributed by atoms with E-state index in [9.17, 15) is 9.59 Å². The first-order chi connectivity index (χ1) is 6.18. The SMILES string of the molecule is O=C(O)c1cc2c(s1)COCC2=O. The van der Waals surface area contributed by atoms with Crippen molar-refractivity contribution >= 4 is 23.1 Å². The van der Waals surface area contributed by atoms with Crippen molar-refractivity contribution in [1.29, 1.82) is 0 Å². The molecule has 0 aromatic carbocycles. The van der Waals surface area contributed by atoms with Crippen molar-refractivity contribution in [2.24, 2.45) is 0 Å². The van der Waals surface area contributed by atoms with Gasteiger partial charge < -0.3 is 9.84 Å². The number of ether oxygens (including phenoxy) is 1. The Morgan fingerprint density at radius 2 is 2.31 bits per heavy atom. The number of aromatic carboxylic acids is 1. The van der Waals surface area contributed by atoms with Crippen molar-refractivity contribution in [3.05, 3.63) is 21.4 Å². The van der Waals surface area contributed by atoms with E-state index >= 15 is 0 Å². The molecular weight excluding hydrogens is 192 g/mol. The number of hydrogen-bond donors (Lipinski definition) is 1. The van der Waals surface area contributed by atoms with Gasteiger partial charge in [-0.1, -0.05) is 0 Å². The van der Waals surface area contributed by atoms with Crippen LogP contribution < -0.4 is 0 Å². The van der Waals surface area contributed by atoms with Gasteiger partial charge in [-0.15, -0.1) is 11.3 Å². The van der Waals surface area contributed by atoms with Crippen molar-refractivity contribution in [2.75, 3.05) is 6.61 Å². The highest BCUT2D eigenvalue weighted by Gasteiger charge is 2.22. The summed E-state index contributed by atoms with van der Waals surface area (Å²) in [5.41, 5.74) is 0.508. The third-order valence-electron chi connectivity index (χ3n) is 1.79. The van der Waals surface area contributed by atoms with Crippen LogP contribution in [0.2, 0.25) is 0 Å². The number of carboxylic acid groups (broad SMARTS) is 1. The summed E-state index contributed by atoms with van der Waals surface area (Å²) in [6.45, 7) is 0.405. The fraction of sp³-hybridized carbons (Fsp3) is 0.250. The lowest BCUT2D eigenvalue weighted by atomic mass is 10.1. The third kappa shape index (κ3) is 1.36. The average Bonchev–Trinajstić information content (AvgIpc) is 2.49. The van der Waals surface area contributed by atoms with Gasteiger partial charge in [0.05, 0.1) is 6.61 Å². The molecule has 1 aromatic heterocycles. The highest BCUT2D eigenvalue weighted by Crippen LogP contribution is 2.26. The van der Waals surface area contributed by atoms with E-state index in [4.69, 9.17) is 9.84 Å². The predicted octanol–water partition coefficient (Wildman–Crippen LogP) is 1.16. The molecule has 0 saturated heterocycles. The molecular formula is C8H6O4S. The van der Waals surface area contributed by atoms with Gasteiger partial charge in [0, 0.05) is 10.4 Å². The zero-order valence-electron chi connectivity index (χ0n) is 6.57. The fourth-order valence-corrected chi connectivity index (χ4v) is 2.15. The lowest BCUT2D eigenvalue weighted by Crippen LogP contribution is -2.15. The molecule has 2 heterocycles. The lowest BCUT2D eigenvalue weighted by molar-refractivity contribution is 0.0675. The number of Topliss-reactive ketones (excluding diaryl/α,β-unsaturated/α-hetero) is 1. The van der Waals surface area contributed by atoms with Crippen LogP contribution in [0.5, 0.6) is 0 Å². The van der Waals surface area contributed by atoms with E-state index in [1.807, 2.05) is 0 Å². The van der Waals surface area contributed by atoms with E-state index < -0.39 is 5.97 Å². The minimum atomic E-state index is -0.993. The van der Waals surface area contributed by atoms with Crippen LogP contribution in [-0.4, -0.2) is 23.5 Å². The first-order valence-electron chi connectivity index (χ1n) is 3.65. The summed E-state index contributed by atoms with van der Waals surface area (Å²) in [7, 11) is 0. The van der Waals surface area contributed by atoms with Crippen molar-refractivity contribution in [3.63, 3.8) is 0 Å². The number of carboxylic acids is 1. The van der Waals surface area contributed by atoms with Crippen molar-refractivity contribution < 1.29 is 19.4 Å². The summed E-state index contributed by atoms with van der Waals surface area (Å²) >= 11 is 1.10. The average molecular weight is 198 g/mol. The summed E-state index contributed by atoms with van der Waals surface area (Å²) in [6.07, 6.45) is 0. The Hall–Kier alpha value is -1.20. The minimum absolute atomic E-state index is 0.0583. The highest BCUT2D eigenvalue weighted by molar-refractivity contribution is 7.14. The molecule has 0 aliphatic carbocycles. The number of carbonyl (C=O) groups excluding carboxylic acids is 1. The molecule has 0 amide bonds. The Labute approximate surface area is 77.8 Å². The van der Waals surface area contributed by atoms with Crippen LogP contribution in [0.25, 0.3) is 0 Å². The van der Waals surface area contributed by atoms with Gasteiger partial charge in [-0.25, -0.2) is 4.79 Å². The van der Waals surface area contributed by atoms with Crippen molar-refractivity contribution in [2.45, 2.75) is 6.61 Å². The van der Waals surface area contributed by atoms with Gasteiger partial charge in [0.25, 0.3) is 0 Å². The molecule has 1 aromatic rings. The Bertz CT molecular complexity index is 379. The van der Waals surface area contributed by atoms with Crippen LogP contribution in [0.4, 0.5) is 0 Å².